The number of aryl methyl sites for hydroxylation is 1. The van der Waals surface area contributed by atoms with Crippen LogP contribution in [0.3, 0.4) is 0 Å². The third kappa shape index (κ3) is 3.89. The largest absolute Gasteiger partial charge is 0.493 e. The fourth-order valence-electron chi connectivity index (χ4n) is 2.07. The molecule has 0 aliphatic rings. The summed E-state index contributed by atoms with van der Waals surface area (Å²) < 4.78 is 5.89. The molecule has 0 amide bonds. The average molecular weight is 270 g/mol. The van der Waals surface area contributed by atoms with Gasteiger partial charge in [0.05, 0.1) is 6.61 Å². The van der Waals surface area contributed by atoms with Crippen molar-refractivity contribution in [2.24, 2.45) is 5.73 Å². The molecule has 2 N–H and O–H groups in total. The highest BCUT2D eigenvalue weighted by Crippen LogP contribution is 2.33. The molecule has 0 bridgehead atoms. The second-order valence-electron chi connectivity index (χ2n) is 4.70. The first-order valence-electron chi connectivity index (χ1n) is 6.73. The number of benzene rings is 1. The average Bonchev–Trinajstić information content (AvgIpc) is 2.34. The molecule has 2 nitrogen and oxygen atoms in total. The van der Waals surface area contributed by atoms with Crippen LogP contribution in [0.5, 0.6) is 5.75 Å². The fraction of sp³-hybridized carbons (Fsp3) is 0.600. The highest BCUT2D eigenvalue weighted by molar-refractivity contribution is 6.31. The molecule has 0 radical (unpaired) electrons. The van der Waals surface area contributed by atoms with E-state index in [-0.39, 0.29) is 0 Å². The first-order valence-corrected chi connectivity index (χ1v) is 7.11. The van der Waals surface area contributed by atoms with Crippen molar-refractivity contribution in [1.82, 2.24) is 0 Å². The van der Waals surface area contributed by atoms with Gasteiger partial charge in [0.15, 0.2) is 0 Å². The van der Waals surface area contributed by atoms with Crippen LogP contribution in [0.2, 0.25) is 5.02 Å². The van der Waals surface area contributed by atoms with Crippen LogP contribution in [0, 0.1) is 13.8 Å². The minimum absolute atomic E-state index is 0.740. The normalized spacial score (nSPS) is 10.7. The van der Waals surface area contributed by atoms with Gasteiger partial charge in [-0.3, -0.25) is 0 Å². The lowest BCUT2D eigenvalue weighted by atomic mass is 9.98. The number of rotatable bonds is 7. The van der Waals surface area contributed by atoms with E-state index in [1.165, 1.54) is 5.56 Å². The smallest absolute Gasteiger partial charge is 0.125 e. The van der Waals surface area contributed by atoms with E-state index in [4.69, 9.17) is 22.1 Å². The molecule has 1 aromatic carbocycles. The van der Waals surface area contributed by atoms with Gasteiger partial charge in [0.2, 0.25) is 0 Å². The predicted molar refractivity (Wildman–Crippen MR) is 78.7 cm³/mol. The number of hydrogen-bond acceptors (Lipinski definition) is 2. The van der Waals surface area contributed by atoms with Gasteiger partial charge in [0.1, 0.15) is 5.75 Å². The van der Waals surface area contributed by atoms with E-state index in [0.29, 0.717) is 0 Å². The van der Waals surface area contributed by atoms with Crippen LogP contribution in [-0.4, -0.2) is 13.2 Å². The number of hydrogen-bond donors (Lipinski definition) is 1. The number of ether oxygens (including phenoxy) is 1. The molecule has 0 aliphatic heterocycles. The zero-order valence-electron chi connectivity index (χ0n) is 11.7. The lowest BCUT2D eigenvalue weighted by molar-refractivity contribution is 0.311. The molecule has 0 spiro atoms. The molecule has 0 fully saturated rings. The molecule has 1 aromatic rings. The molecule has 0 heterocycles. The molecule has 1 rings (SSSR count). The molecule has 0 aromatic heterocycles. The van der Waals surface area contributed by atoms with Crippen molar-refractivity contribution in [3.8, 4) is 5.75 Å². The zero-order valence-corrected chi connectivity index (χ0v) is 12.4. The Morgan fingerprint density at radius 1 is 1.28 bits per heavy atom. The van der Waals surface area contributed by atoms with Gasteiger partial charge in [-0.1, -0.05) is 18.5 Å². The highest BCUT2D eigenvalue weighted by Gasteiger charge is 2.13. The van der Waals surface area contributed by atoms with E-state index in [2.05, 4.69) is 20.8 Å². The van der Waals surface area contributed by atoms with Gasteiger partial charge in [-0.15, -0.1) is 0 Å². The van der Waals surface area contributed by atoms with Crippen molar-refractivity contribution in [3.63, 3.8) is 0 Å². The maximum absolute atomic E-state index is 6.26. The Kier molecular flexibility index (Phi) is 6.51. The molecule has 102 valence electrons. The fourth-order valence-corrected chi connectivity index (χ4v) is 2.35. The Labute approximate surface area is 115 Å². The summed E-state index contributed by atoms with van der Waals surface area (Å²) >= 11 is 6.26. The van der Waals surface area contributed by atoms with Crippen LogP contribution in [0.4, 0.5) is 0 Å². The molecule has 0 atom stereocenters. The van der Waals surface area contributed by atoms with E-state index in [1.807, 2.05) is 6.07 Å². The molecule has 0 saturated carbocycles. The topological polar surface area (TPSA) is 35.2 Å². The first-order chi connectivity index (χ1) is 8.61. The standard InChI is InChI=1S/C15H24ClNO/c1-4-9-18-15-11(2)10-14(16)12(3)13(15)7-5-6-8-17/h10H,4-9,17H2,1-3H3. The Morgan fingerprint density at radius 2 is 2.00 bits per heavy atom. The van der Waals surface area contributed by atoms with Gasteiger partial charge in [-0.25, -0.2) is 0 Å². The van der Waals surface area contributed by atoms with Gasteiger partial charge in [-0.05, 0) is 68.8 Å². The molecule has 0 aliphatic carbocycles. The van der Waals surface area contributed by atoms with Crippen molar-refractivity contribution in [2.75, 3.05) is 13.2 Å². The SMILES string of the molecule is CCCOc1c(C)cc(Cl)c(C)c1CCCCN. The number of unbranched alkanes of at least 4 members (excludes halogenated alkanes) is 1. The Bertz CT molecular complexity index is 391. The quantitative estimate of drug-likeness (QED) is 0.759. The van der Waals surface area contributed by atoms with Gasteiger partial charge in [0, 0.05) is 5.02 Å². The summed E-state index contributed by atoms with van der Waals surface area (Å²) in [7, 11) is 0. The lowest BCUT2D eigenvalue weighted by Gasteiger charge is -2.17. The minimum atomic E-state index is 0.740. The van der Waals surface area contributed by atoms with Crippen LogP contribution >= 0.6 is 11.6 Å². The van der Waals surface area contributed by atoms with Crippen LogP contribution in [0.15, 0.2) is 6.07 Å². The van der Waals surface area contributed by atoms with Crippen molar-refractivity contribution >= 4 is 11.6 Å². The predicted octanol–water partition coefficient (Wildman–Crippen LogP) is 4.03. The Morgan fingerprint density at radius 3 is 2.61 bits per heavy atom. The van der Waals surface area contributed by atoms with Crippen LogP contribution in [-0.2, 0) is 6.42 Å². The summed E-state index contributed by atoms with van der Waals surface area (Å²) in [6.45, 7) is 7.74. The lowest BCUT2D eigenvalue weighted by Crippen LogP contribution is -2.05. The molecular formula is C15H24ClNO. The van der Waals surface area contributed by atoms with Gasteiger partial charge in [-0.2, -0.15) is 0 Å². The van der Waals surface area contributed by atoms with E-state index in [0.717, 1.165) is 60.7 Å². The van der Waals surface area contributed by atoms with Gasteiger partial charge in [0.25, 0.3) is 0 Å². The van der Waals surface area contributed by atoms with E-state index < -0.39 is 0 Å². The second-order valence-corrected chi connectivity index (χ2v) is 5.11. The van der Waals surface area contributed by atoms with E-state index in [9.17, 15) is 0 Å². The monoisotopic (exact) mass is 269 g/mol. The Balaban J connectivity index is 3.00. The summed E-state index contributed by atoms with van der Waals surface area (Å²) in [5.41, 5.74) is 9.07. The second kappa shape index (κ2) is 7.65. The maximum Gasteiger partial charge on any atom is 0.125 e. The van der Waals surface area contributed by atoms with Crippen LogP contribution in [0.25, 0.3) is 0 Å². The summed E-state index contributed by atoms with van der Waals surface area (Å²) in [6, 6.07) is 1.99. The molecule has 0 saturated heterocycles. The first kappa shape index (κ1) is 15.3. The van der Waals surface area contributed by atoms with Crippen LogP contribution in [0.1, 0.15) is 42.9 Å². The summed E-state index contributed by atoms with van der Waals surface area (Å²) in [5, 5.41) is 0.832. The molecule has 0 unspecified atom stereocenters. The zero-order chi connectivity index (χ0) is 13.5. The third-order valence-electron chi connectivity index (χ3n) is 3.12. The van der Waals surface area contributed by atoms with Crippen molar-refractivity contribution < 1.29 is 4.74 Å². The number of nitrogens with two attached hydrogens (primary N) is 1. The summed E-state index contributed by atoms with van der Waals surface area (Å²) in [5.74, 6) is 1.02. The summed E-state index contributed by atoms with van der Waals surface area (Å²) in [4.78, 5) is 0. The van der Waals surface area contributed by atoms with Crippen LogP contribution < -0.4 is 10.5 Å². The van der Waals surface area contributed by atoms with Crippen molar-refractivity contribution in [3.05, 3.63) is 27.8 Å². The molecule has 3 heteroatoms. The summed E-state index contributed by atoms with van der Waals surface area (Å²) in [6.07, 6.45) is 4.13. The van der Waals surface area contributed by atoms with Gasteiger partial charge < -0.3 is 10.5 Å². The highest BCUT2D eigenvalue weighted by atomic mass is 35.5. The number of halogens is 1. The van der Waals surface area contributed by atoms with Gasteiger partial charge >= 0.3 is 0 Å². The maximum atomic E-state index is 6.26. The molecule has 18 heavy (non-hydrogen) atoms. The molecular weight excluding hydrogens is 246 g/mol. The van der Waals surface area contributed by atoms with E-state index in [1.54, 1.807) is 0 Å². The third-order valence-corrected chi connectivity index (χ3v) is 3.51. The van der Waals surface area contributed by atoms with Crippen molar-refractivity contribution in [1.29, 1.82) is 0 Å². The van der Waals surface area contributed by atoms with E-state index >= 15 is 0 Å². The minimum Gasteiger partial charge on any atom is -0.493 e. The Hall–Kier alpha value is -0.730. The van der Waals surface area contributed by atoms with Crippen molar-refractivity contribution in [2.45, 2.75) is 46.5 Å².